The molecule has 2 aromatic carbocycles. The van der Waals surface area contributed by atoms with E-state index in [1.54, 1.807) is 21.3 Å². The average Bonchev–Trinajstić information content (AvgIpc) is 2.77. The molecule has 202 valence electrons. The Hall–Kier alpha value is -1.62. The van der Waals surface area contributed by atoms with Gasteiger partial charge in [-0.25, -0.2) is 0 Å². The molecule has 0 aliphatic rings. The van der Waals surface area contributed by atoms with E-state index in [9.17, 15) is 25.2 Å². The molecule has 35 heavy (non-hydrogen) atoms. The van der Waals surface area contributed by atoms with Crippen LogP contribution in [0.25, 0.3) is 0 Å². The van der Waals surface area contributed by atoms with Gasteiger partial charge < -0.3 is 18.9 Å². The molecule has 2 rings (SSSR count). The first kappa shape index (κ1) is 31.4. The summed E-state index contributed by atoms with van der Waals surface area (Å²) in [4.78, 5) is 0. The number of methoxy groups -OCH3 is 3. The zero-order chi connectivity index (χ0) is 26.6. The van der Waals surface area contributed by atoms with E-state index in [2.05, 4.69) is 31.2 Å². The van der Waals surface area contributed by atoms with Gasteiger partial charge in [-0.05, 0) is 30.7 Å². The van der Waals surface area contributed by atoms with Crippen LogP contribution in [-0.2, 0) is 0 Å². The zero-order valence-electron chi connectivity index (χ0n) is 20.1. The molecule has 0 aliphatic carbocycles. The molecular formula is C23H32F6IO4P. The van der Waals surface area contributed by atoms with Crippen LogP contribution in [0.3, 0.4) is 0 Å². The van der Waals surface area contributed by atoms with Gasteiger partial charge in [-0.2, -0.15) is 0 Å². The van der Waals surface area contributed by atoms with Crippen molar-refractivity contribution in [3.05, 3.63) is 43.5 Å². The Kier molecular flexibility index (Phi) is 11.7. The van der Waals surface area contributed by atoms with Crippen molar-refractivity contribution in [2.45, 2.75) is 45.4 Å². The molecule has 0 saturated carbocycles. The molecule has 0 saturated heterocycles. The SMILES string of the molecule is CCCCCCCCOc1ccc([I+]c2c(OC)cc(OC)cc2OC)cc1.F[P-](F)(F)(F)(F)F. The van der Waals surface area contributed by atoms with E-state index in [0.717, 1.165) is 39.6 Å². The summed E-state index contributed by atoms with van der Waals surface area (Å²) in [5, 5.41) is 0. The predicted molar refractivity (Wildman–Crippen MR) is 122 cm³/mol. The van der Waals surface area contributed by atoms with Crippen LogP contribution >= 0.6 is 7.81 Å². The first-order valence-electron chi connectivity index (χ1n) is 10.9. The van der Waals surface area contributed by atoms with Gasteiger partial charge in [-0.15, -0.1) is 0 Å². The van der Waals surface area contributed by atoms with Crippen molar-refractivity contribution >= 4 is 7.81 Å². The molecule has 0 radical (unpaired) electrons. The molecule has 12 heteroatoms. The van der Waals surface area contributed by atoms with Crippen LogP contribution < -0.4 is 40.2 Å². The maximum atomic E-state index is 9.87. The van der Waals surface area contributed by atoms with Crippen molar-refractivity contribution in [2.24, 2.45) is 0 Å². The van der Waals surface area contributed by atoms with Crippen molar-refractivity contribution in [1.29, 1.82) is 0 Å². The van der Waals surface area contributed by atoms with Crippen LogP contribution in [0, 0.1) is 7.14 Å². The van der Waals surface area contributed by atoms with Crippen molar-refractivity contribution < 1.29 is 65.3 Å². The summed E-state index contributed by atoms with van der Waals surface area (Å²) in [6.07, 6.45) is 7.66. The molecule has 0 fully saturated rings. The van der Waals surface area contributed by atoms with E-state index in [1.807, 2.05) is 12.1 Å². The Morgan fingerprint density at radius 3 is 1.63 bits per heavy atom. The third-order valence-corrected chi connectivity index (χ3v) is 7.38. The second-order valence-electron chi connectivity index (χ2n) is 7.47. The van der Waals surface area contributed by atoms with Crippen LogP contribution in [0.15, 0.2) is 36.4 Å². The van der Waals surface area contributed by atoms with E-state index in [-0.39, 0.29) is 0 Å². The van der Waals surface area contributed by atoms with Crippen LogP contribution in [0.5, 0.6) is 23.0 Å². The van der Waals surface area contributed by atoms with Gasteiger partial charge in [0.25, 0.3) is 3.57 Å². The number of unbranched alkanes of at least 4 members (excludes halogenated alkanes) is 5. The van der Waals surface area contributed by atoms with Gasteiger partial charge in [0, 0.05) is 12.1 Å². The Morgan fingerprint density at radius 2 is 1.17 bits per heavy atom. The summed E-state index contributed by atoms with van der Waals surface area (Å²) in [5.41, 5.74) is 0. The standard InChI is InChI=1S/C23H32IO4.F6P/c1-5-6-7-8-9-10-15-28-19-13-11-18(12-14-19)24-23-21(26-3)16-20(25-2)17-22(23)27-4;1-7(2,3,4,5)6/h11-14,16-17H,5-10,15H2,1-4H3;/q+1;-1. The van der Waals surface area contributed by atoms with Crippen LogP contribution in [0.2, 0.25) is 0 Å². The number of ether oxygens (including phenoxy) is 4. The Balaban J connectivity index is 0.000000762. The molecule has 0 spiro atoms. The van der Waals surface area contributed by atoms with Gasteiger partial charge >= 0.3 is 54.2 Å². The number of rotatable bonds is 13. The van der Waals surface area contributed by atoms with E-state index in [1.165, 1.54) is 35.7 Å². The molecule has 2 aromatic rings. The van der Waals surface area contributed by atoms with E-state index >= 15 is 0 Å². The third kappa shape index (κ3) is 15.9. The first-order chi connectivity index (χ1) is 16.2. The normalized spacial score (nSPS) is 13.1. The molecular weight excluding hydrogens is 612 g/mol. The molecule has 0 aliphatic heterocycles. The molecule has 0 aromatic heterocycles. The van der Waals surface area contributed by atoms with Gasteiger partial charge in [0.05, 0.1) is 27.9 Å². The van der Waals surface area contributed by atoms with Gasteiger partial charge in [-0.1, -0.05) is 39.0 Å². The minimum atomic E-state index is -10.7. The summed E-state index contributed by atoms with van der Waals surface area (Å²) >= 11 is -0.445. The molecule has 0 bridgehead atoms. The summed E-state index contributed by atoms with van der Waals surface area (Å²) in [5.74, 6) is 3.30. The molecule has 0 atom stereocenters. The van der Waals surface area contributed by atoms with Gasteiger partial charge in [0.1, 0.15) is 11.5 Å². The summed E-state index contributed by atoms with van der Waals surface area (Å²) in [6, 6.07) is 12.2. The molecule has 0 amide bonds. The summed E-state index contributed by atoms with van der Waals surface area (Å²) < 4.78 is 83.9. The zero-order valence-corrected chi connectivity index (χ0v) is 23.2. The van der Waals surface area contributed by atoms with Gasteiger partial charge in [0.2, 0.25) is 0 Å². The quantitative estimate of drug-likeness (QED) is 0.117. The Bertz CT molecular complexity index is 873. The summed E-state index contributed by atoms with van der Waals surface area (Å²) in [6.45, 7) is 3.04. The molecule has 4 nitrogen and oxygen atoms in total. The number of halogens is 7. The van der Waals surface area contributed by atoms with Crippen LogP contribution in [0.4, 0.5) is 25.2 Å². The monoisotopic (exact) mass is 644 g/mol. The number of hydrogen-bond acceptors (Lipinski definition) is 4. The molecule has 0 N–H and O–H groups in total. The second-order valence-corrected chi connectivity index (χ2v) is 12.2. The minimum absolute atomic E-state index is 0.445. The van der Waals surface area contributed by atoms with E-state index in [0.29, 0.717) is 0 Å². The summed E-state index contributed by atoms with van der Waals surface area (Å²) in [7, 11) is -5.65. The van der Waals surface area contributed by atoms with E-state index < -0.39 is 29.0 Å². The first-order valence-corrected chi connectivity index (χ1v) is 15.1. The Labute approximate surface area is 212 Å². The van der Waals surface area contributed by atoms with E-state index in [4.69, 9.17) is 18.9 Å². The van der Waals surface area contributed by atoms with Crippen molar-refractivity contribution in [3.63, 3.8) is 0 Å². The maximum absolute atomic E-state index is 10.7. The fourth-order valence-corrected chi connectivity index (χ4v) is 5.46. The van der Waals surface area contributed by atoms with Crippen molar-refractivity contribution in [3.8, 4) is 23.0 Å². The van der Waals surface area contributed by atoms with Crippen molar-refractivity contribution in [1.82, 2.24) is 0 Å². The number of hydrogen-bond donors (Lipinski definition) is 0. The number of benzene rings is 2. The average molecular weight is 644 g/mol. The topological polar surface area (TPSA) is 36.9 Å². The second kappa shape index (κ2) is 13.1. The van der Waals surface area contributed by atoms with Crippen molar-refractivity contribution in [2.75, 3.05) is 27.9 Å². The third-order valence-electron chi connectivity index (χ3n) is 4.44. The Morgan fingerprint density at radius 1 is 0.686 bits per heavy atom. The van der Waals surface area contributed by atoms with Crippen LogP contribution in [-0.4, -0.2) is 27.9 Å². The molecule has 0 unspecified atom stereocenters. The molecule has 0 heterocycles. The van der Waals surface area contributed by atoms with Crippen LogP contribution in [0.1, 0.15) is 45.4 Å². The van der Waals surface area contributed by atoms with Gasteiger partial charge in [0.15, 0.2) is 15.1 Å². The fraction of sp³-hybridized carbons (Fsp3) is 0.478. The fourth-order valence-electron chi connectivity index (χ4n) is 2.83. The van der Waals surface area contributed by atoms with Gasteiger partial charge in [-0.3, -0.25) is 0 Å². The predicted octanol–water partition coefficient (Wildman–Crippen LogP) is 5.96.